The van der Waals surface area contributed by atoms with Crippen LogP contribution in [0.1, 0.15) is 24.3 Å². The van der Waals surface area contributed by atoms with Crippen LogP contribution in [0.5, 0.6) is 11.5 Å². The van der Waals surface area contributed by atoms with E-state index >= 15 is 0 Å². The third kappa shape index (κ3) is 3.02. The molecule has 0 radical (unpaired) electrons. The highest BCUT2D eigenvalue weighted by atomic mass is 32.2. The highest BCUT2D eigenvalue weighted by molar-refractivity contribution is 7.87. The minimum atomic E-state index is -5.97. The van der Waals surface area contributed by atoms with Gasteiger partial charge in [0, 0.05) is 23.5 Å². The molecule has 1 heterocycles. The van der Waals surface area contributed by atoms with Crippen LogP contribution >= 0.6 is 0 Å². The molecule has 25 heavy (non-hydrogen) atoms. The van der Waals surface area contributed by atoms with Crippen LogP contribution in [0.2, 0.25) is 0 Å². The van der Waals surface area contributed by atoms with Crippen molar-refractivity contribution in [3.05, 3.63) is 35.3 Å². The fourth-order valence-corrected chi connectivity index (χ4v) is 3.40. The number of halogens is 3. The lowest BCUT2D eigenvalue weighted by atomic mass is 9.90. The van der Waals surface area contributed by atoms with E-state index in [1.54, 1.807) is 0 Å². The lowest BCUT2D eigenvalue weighted by Gasteiger charge is -2.25. The van der Waals surface area contributed by atoms with Crippen molar-refractivity contribution < 1.29 is 45.8 Å². The normalized spacial score (nSPS) is 26.0. The molecule has 0 spiro atoms. The Morgan fingerprint density at radius 3 is 2.64 bits per heavy atom. The van der Waals surface area contributed by atoms with Crippen molar-refractivity contribution in [2.24, 2.45) is 0 Å². The van der Waals surface area contributed by atoms with Gasteiger partial charge in [-0.15, -0.1) is 0 Å². The zero-order valence-electron chi connectivity index (χ0n) is 12.4. The molecule has 3 rings (SSSR count). The van der Waals surface area contributed by atoms with Crippen LogP contribution in [0, 0.1) is 0 Å². The first-order valence-corrected chi connectivity index (χ1v) is 8.44. The summed E-state index contributed by atoms with van der Waals surface area (Å²) in [7, 11) is -5.97. The number of phenols is 1. The summed E-state index contributed by atoms with van der Waals surface area (Å²) in [6.07, 6.45) is -0.441. The third-order valence-corrected chi connectivity index (χ3v) is 5.06. The number of benzene rings is 1. The van der Waals surface area contributed by atoms with Gasteiger partial charge in [0.15, 0.2) is 0 Å². The van der Waals surface area contributed by atoms with E-state index in [1.165, 1.54) is 18.2 Å². The first kappa shape index (κ1) is 17.8. The average molecular weight is 382 g/mol. The van der Waals surface area contributed by atoms with E-state index in [0.717, 1.165) is 0 Å². The van der Waals surface area contributed by atoms with Crippen molar-refractivity contribution in [2.45, 2.75) is 29.9 Å². The van der Waals surface area contributed by atoms with Crippen molar-refractivity contribution in [3.63, 3.8) is 0 Å². The molecule has 1 aromatic rings. The van der Waals surface area contributed by atoms with Crippen LogP contribution in [0.4, 0.5) is 13.2 Å². The van der Waals surface area contributed by atoms with Crippen LogP contribution in [-0.4, -0.2) is 41.5 Å². The second-order valence-electron chi connectivity index (χ2n) is 5.94. The molecule has 0 amide bonds. The Hall–Kier alpha value is -1.98. The van der Waals surface area contributed by atoms with Crippen molar-refractivity contribution in [1.29, 1.82) is 0 Å². The predicted octanol–water partition coefficient (Wildman–Crippen LogP) is 1.46. The van der Waals surface area contributed by atoms with E-state index in [4.69, 9.17) is 4.74 Å². The molecule has 2 aliphatic rings. The van der Waals surface area contributed by atoms with Crippen LogP contribution in [-0.2, 0) is 14.3 Å². The fourth-order valence-electron chi connectivity index (χ4n) is 2.97. The lowest BCUT2D eigenvalue weighted by molar-refractivity contribution is -0.0544. The minimum Gasteiger partial charge on any atom is -0.508 e. The topological polar surface area (TPSA) is 113 Å². The molecule has 1 aliphatic carbocycles. The molecule has 1 aromatic carbocycles. The maximum Gasteiger partial charge on any atom is 0.534 e. The van der Waals surface area contributed by atoms with Crippen LogP contribution in [0.15, 0.2) is 29.7 Å². The van der Waals surface area contributed by atoms with Gasteiger partial charge >= 0.3 is 21.6 Å². The van der Waals surface area contributed by atoms with E-state index in [0.29, 0.717) is 5.56 Å². The number of aliphatic hydroxyl groups is 2. The molecule has 7 nitrogen and oxygen atoms in total. The second-order valence-corrected chi connectivity index (χ2v) is 7.47. The molecule has 0 bridgehead atoms. The smallest absolute Gasteiger partial charge is 0.508 e. The SMILES string of the molecule is O=S(=O)(OC1=C2C[C@](O)(CO)C[C@@H]2c2cc(O)ccc2O1)C(F)(F)F. The van der Waals surface area contributed by atoms with Crippen molar-refractivity contribution in [1.82, 2.24) is 0 Å². The second kappa shape index (κ2) is 5.51. The Morgan fingerprint density at radius 2 is 2.04 bits per heavy atom. The summed E-state index contributed by atoms with van der Waals surface area (Å²) in [6, 6.07) is 3.73. The Kier molecular flexibility index (Phi) is 3.93. The van der Waals surface area contributed by atoms with E-state index in [2.05, 4.69) is 4.18 Å². The Morgan fingerprint density at radius 1 is 1.36 bits per heavy atom. The molecule has 11 heteroatoms. The number of hydrogen-bond acceptors (Lipinski definition) is 7. The summed E-state index contributed by atoms with van der Waals surface area (Å²) in [4.78, 5) is 0. The predicted molar refractivity (Wildman–Crippen MR) is 75.8 cm³/mol. The largest absolute Gasteiger partial charge is 0.534 e. The molecule has 0 saturated heterocycles. The van der Waals surface area contributed by atoms with E-state index < -0.39 is 39.7 Å². The number of aromatic hydroxyl groups is 1. The van der Waals surface area contributed by atoms with Crippen molar-refractivity contribution in [2.75, 3.05) is 6.61 Å². The standard InChI is InChI=1S/C14H13F3O7S/c15-14(16,17)25(21,22)24-12-10-5-13(20,6-18)4-9(10)8-3-7(19)1-2-11(8)23-12/h1-3,9,18-20H,4-6H2/t9-,13+/m1/s1. The third-order valence-electron chi connectivity index (χ3n) is 4.12. The molecule has 0 aromatic heterocycles. The van der Waals surface area contributed by atoms with Crippen molar-refractivity contribution in [3.8, 4) is 11.5 Å². The molecule has 138 valence electrons. The first-order chi connectivity index (χ1) is 11.5. The molecular formula is C14H13F3O7S. The van der Waals surface area contributed by atoms with Gasteiger partial charge in [0.1, 0.15) is 11.5 Å². The highest BCUT2D eigenvalue weighted by Gasteiger charge is 2.52. The molecule has 1 saturated carbocycles. The lowest BCUT2D eigenvalue weighted by Crippen LogP contribution is -2.29. The Labute approximate surface area is 140 Å². The maximum absolute atomic E-state index is 12.6. The van der Waals surface area contributed by atoms with Crippen LogP contribution < -0.4 is 4.74 Å². The summed E-state index contributed by atoms with van der Waals surface area (Å²) >= 11 is 0. The quantitative estimate of drug-likeness (QED) is 0.536. The first-order valence-electron chi connectivity index (χ1n) is 7.03. The number of fused-ring (bicyclic) bond motifs is 3. The van der Waals surface area contributed by atoms with Gasteiger partial charge in [-0.25, -0.2) is 0 Å². The van der Waals surface area contributed by atoms with E-state index in [1.807, 2.05) is 0 Å². The van der Waals surface area contributed by atoms with E-state index in [-0.39, 0.29) is 29.9 Å². The zero-order valence-corrected chi connectivity index (χ0v) is 13.3. The number of hydrogen-bond donors (Lipinski definition) is 3. The summed E-state index contributed by atoms with van der Waals surface area (Å²) in [6.45, 7) is -0.694. The van der Waals surface area contributed by atoms with Gasteiger partial charge in [-0.2, -0.15) is 21.6 Å². The summed E-state index contributed by atoms with van der Waals surface area (Å²) in [5.41, 5.74) is -7.02. The highest BCUT2D eigenvalue weighted by Crippen LogP contribution is 2.52. The molecule has 1 fully saturated rings. The molecule has 1 aliphatic heterocycles. The van der Waals surface area contributed by atoms with Gasteiger partial charge in [0.2, 0.25) is 0 Å². The number of rotatable bonds is 3. The summed E-state index contributed by atoms with van der Waals surface area (Å²) < 4.78 is 69.6. The summed E-state index contributed by atoms with van der Waals surface area (Å²) in [5, 5.41) is 29.2. The summed E-state index contributed by atoms with van der Waals surface area (Å²) in [5.74, 6) is -1.83. The average Bonchev–Trinajstić information content (AvgIpc) is 2.86. The zero-order chi connectivity index (χ0) is 18.6. The molecule has 3 N–H and O–H groups in total. The Balaban J connectivity index is 2.09. The van der Waals surface area contributed by atoms with Crippen molar-refractivity contribution >= 4 is 10.1 Å². The minimum absolute atomic E-state index is 0.0129. The van der Waals surface area contributed by atoms with Gasteiger partial charge < -0.3 is 24.2 Å². The van der Waals surface area contributed by atoms with Crippen LogP contribution in [0.25, 0.3) is 0 Å². The van der Waals surface area contributed by atoms with Crippen LogP contribution in [0.3, 0.4) is 0 Å². The maximum atomic E-state index is 12.6. The molecule has 0 unspecified atom stereocenters. The molecular weight excluding hydrogens is 369 g/mol. The van der Waals surface area contributed by atoms with Gasteiger partial charge in [-0.05, 0) is 24.6 Å². The van der Waals surface area contributed by atoms with Gasteiger partial charge in [-0.3, -0.25) is 0 Å². The monoisotopic (exact) mass is 382 g/mol. The van der Waals surface area contributed by atoms with Gasteiger partial charge in [-0.1, -0.05) is 0 Å². The fraction of sp³-hybridized carbons (Fsp3) is 0.429. The number of ether oxygens (including phenoxy) is 1. The number of aliphatic hydroxyl groups excluding tert-OH is 1. The number of phenolic OH excluding ortho intramolecular Hbond substituents is 1. The van der Waals surface area contributed by atoms with Gasteiger partial charge in [0.25, 0.3) is 0 Å². The van der Waals surface area contributed by atoms with Gasteiger partial charge in [0.05, 0.1) is 12.2 Å². The Bertz CT molecular complexity index is 846. The number of alkyl halides is 3. The molecule has 2 atom stereocenters. The van der Waals surface area contributed by atoms with E-state index in [9.17, 15) is 36.9 Å².